The molecule has 3 atom stereocenters. The summed E-state index contributed by atoms with van der Waals surface area (Å²) in [6.45, 7) is 9.61. The van der Waals surface area contributed by atoms with E-state index in [1.807, 2.05) is 0 Å². The Balaban J connectivity index is 1.75. The lowest BCUT2D eigenvalue weighted by atomic mass is 9.79. The van der Waals surface area contributed by atoms with Crippen LogP contribution in [-0.4, -0.2) is 12.1 Å². The number of hydrogen-bond donors (Lipinski definition) is 1. The molecule has 0 amide bonds. The van der Waals surface area contributed by atoms with Gasteiger partial charge < -0.3 is 5.32 Å². The zero-order chi connectivity index (χ0) is 13.1. The fourth-order valence-corrected chi connectivity index (χ4v) is 4.31. The Morgan fingerprint density at radius 2 is 1.67 bits per heavy atom. The summed E-state index contributed by atoms with van der Waals surface area (Å²) < 4.78 is 0. The van der Waals surface area contributed by atoms with Gasteiger partial charge in [-0.15, -0.1) is 0 Å². The molecule has 2 fully saturated rings. The topological polar surface area (TPSA) is 12.0 Å². The van der Waals surface area contributed by atoms with Crippen LogP contribution in [0.5, 0.6) is 0 Å². The highest BCUT2D eigenvalue weighted by Gasteiger charge is 2.33. The largest absolute Gasteiger partial charge is 0.311 e. The van der Waals surface area contributed by atoms with Gasteiger partial charge in [-0.05, 0) is 62.2 Å². The quantitative estimate of drug-likeness (QED) is 0.769. The molecule has 2 saturated carbocycles. The summed E-state index contributed by atoms with van der Waals surface area (Å²) in [5, 5.41) is 3.99. The molecule has 0 radical (unpaired) electrons. The number of nitrogens with one attached hydrogen (secondary N) is 1. The second-order valence-corrected chi connectivity index (χ2v) is 7.23. The second kappa shape index (κ2) is 6.41. The molecule has 0 aromatic heterocycles. The van der Waals surface area contributed by atoms with E-state index in [1.54, 1.807) is 0 Å². The fourth-order valence-electron chi connectivity index (χ4n) is 4.31. The van der Waals surface area contributed by atoms with Crippen molar-refractivity contribution in [2.75, 3.05) is 0 Å². The van der Waals surface area contributed by atoms with Crippen LogP contribution in [0, 0.1) is 23.7 Å². The average Bonchev–Trinajstić information content (AvgIpc) is 2.71. The van der Waals surface area contributed by atoms with Gasteiger partial charge in [-0.25, -0.2) is 0 Å². The highest BCUT2D eigenvalue weighted by Crippen LogP contribution is 2.36. The summed E-state index contributed by atoms with van der Waals surface area (Å²) in [6, 6.07) is 1.64. The molecular formula is C17H33N. The zero-order valence-corrected chi connectivity index (χ0v) is 12.9. The maximum atomic E-state index is 3.99. The van der Waals surface area contributed by atoms with E-state index in [2.05, 4.69) is 33.0 Å². The zero-order valence-electron chi connectivity index (χ0n) is 12.9. The van der Waals surface area contributed by atoms with Crippen molar-refractivity contribution in [3.63, 3.8) is 0 Å². The Morgan fingerprint density at radius 1 is 1.00 bits per heavy atom. The third kappa shape index (κ3) is 3.29. The molecule has 1 heteroatoms. The van der Waals surface area contributed by atoms with E-state index in [0.717, 1.165) is 35.8 Å². The Bertz CT molecular complexity index is 240. The standard InChI is InChI=1S/C17H33N/c1-5-14-8-11-17(13(14)4)18-16-9-6-15(7-10-16)12(2)3/h12-18H,5-11H2,1-4H3. The van der Waals surface area contributed by atoms with Crippen LogP contribution >= 0.6 is 0 Å². The molecule has 0 saturated heterocycles. The van der Waals surface area contributed by atoms with Gasteiger partial charge in [0.1, 0.15) is 0 Å². The third-order valence-corrected chi connectivity index (χ3v) is 5.92. The van der Waals surface area contributed by atoms with Gasteiger partial charge in [0.15, 0.2) is 0 Å². The molecular weight excluding hydrogens is 218 g/mol. The van der Waals surface area contributed by atoms with Crippen LogP contribution < -0.4 is 5.32 Å². The minimum Gasteiger partial charge on any atom is -0.311 e. The molecule has 1 nitrogen and oxygen atoms in total. The maximum absolute atomic E-state index is 3.99. The van der Waals surface area contributed by atoms with Gasteiger partial charge in [0.25, 0.3) is 0 Å². The van der Waals surface area contributed by atoms with Crippen LogP contribution in [0.1, 0.15) is 72.6 Å². The van der Waals surface area contributed by atoms with Gasteiger partial charge in [-0.2, -0.15) is 0 Å². The van der Waals surface area contributed by atoms with Crippen LogP contribution in [0.25, 0.3) is 0 Å². The summed E-state index contributed by atoms with van der Waals surface area (Å²) in [6.07, 6.45) is 9.99. The van der Waals surface area contributed by atoms with Crippen LogP contribution in [-0.2, 0) is 0 Å². The molecule has 0 spiro atoms. The molecule has 0 aliphatic heterocycles. The summed E-state index contributed by atoms with van der Waals surface area (Å²) in [7, 11) is 0. The molecule has 106 valence electrons. The van der Waals surface area contributed by atoms with Crippen LogP contribution in [0.2, 0.25) is 0 Å². The lowest BCUT2D eigenvalue weighted by molar-refractivity contribution is 0.216. The molecule has 0 bridgehead atoms. The molecule has 1 N–H and O–H groups in total. The number of hydrogen-bond acceptors (Lipinski definition) is 1. The molecule has 0 aromatic carbocycles. The van der Waals surface area contributed by atoms with Crippen molar-refractivity contribution in [3.8, 4) is 0 Å². The predicted molar refractivity (Wildman–Crippen MR) is 79.7 cm³/mol. The van der Waals surface area contributed by atoms with E-state index < -0.39 is 0 Å². The first kappa shape index (κ1) is 14.4. The van der Waals surface area contributed by atoms with Gasteiger partial charge in [-0.3, -0.25) is 0 Å². The van der Waals surface area contributed by atoms with E-state index in [1.165, 1.54) is 44.9 Å². The Kier molecular flexibility index (Phi) is 5.12. The Hall–Kier alpha value is -0.0400. The Morgan fingerprint density at radius 3 is 2.17 bits per heavy atom. The predicted octanol–water partition coefficient (Wildman–Crippen LogP) is 4.62. The number of rotatable bonds is 4. The molecule has 2 aliphatic carbocycles. The van der Waals surface area contributed by atoms with Gasteiger partial charge in [-0.1, -0.05) is 34.1 Å². The van der Waals surface area contributed by atoms with E-state index >= 15 is 0 Å². The highest BCUT2D eigenvalue weighted by atomic mass is 15.0. The summed E-state index contributed by atoms with van der Waals surface area (Å²) in [5.74, 6) is 3.76. The van der Waals surface area contributed by atoms with Crippen molar-refractivity contribution in [3.05, 3.63) is 0 Å². The van der Waals surface area contributed by atoms with Gasteiger partial charge in [0.2, 0.25) is 0 Å². The van der Waals surface area contributed by atoms with Crippen LogP contribution in [0.3, 0.4) is 0 Å². The van der Waals surface area contributed by atoms with Crippen molar-refractivity contribution in [2.24, 2.45) is 23.7 Å². The smallest absolute Gasteiger partial charge is 0.00980 e. The minimum absolute atomic E-state index is 0.815. The highest BCUT2D eigenvalue weighted by molar-refractivity contribution is 4.90. The first-order chi connectivity index (χ1) is 8.61. The van der Waals surface area contributed by atoms with E-state index in [4.69, 9.17) is 0 Å². The van der Waals surface area contributed by atoms with Crippen molar-refractivity contribution in [1.82, 2.24) is 5.32 Å². The van der Waals surface area contributed by atoms with Gasteiger partial charge in [0, 0.05) is 12.1 Å². The van der Waals surface area contributed by atoms with Crippen molar-refractivity contribution in [2.45, 2.75) is 84.7 Å². The van der Waals surface area contributed by atoms with E-state index in [9.17, 15) is 0 Å². The molecule has 0 aromatic rings. The minimum atomic E-state index is 0.815. The molecule has 2 rings (SSSR count). The molecule has 18 heavy (non-hydrogen) atoms. The summed E-state index contributed by atoms with van der Waals surface area (Å²) in [5.41, 5.74) is 0. The summed E-state index contributed by atoms with van der Waals surface area (Å²) in [4.78, 5) is 0. The SMILES string of the molecule is CCC1CCC(NC2CCC(C(C)C)CC2)C1C. The third-order valence-electron chi connectivity index (χ3n) is 5.92. The lowest BCUT2D eigenvalue weighted by Gasteiger charge is -2.34. The first-order valence-corrected chi connectivity index (χ1v) is 8.37. The fraction of sp³-hybridized carbons (Fsp3) is 1.00. The van der Waals surface area contributed by atoms with Crippen LogP contribution in [0.15, 0.2) is 0 Å². The van der Waals surface area contributed by atoms with Gasteiger partial charge >= 0.3 is 0 Å². The normalized spacial score (nSPS) is 41.5. The molecule has 0 heterocycles. The lowest BCUT2D eigenvalue weighted by Crippen LogP contribution is -2.42. The van der Waals surface area contributed by atoms with Crippen molar-refractivity contribution < 1.29 is 0 Å². The van der Waals surface area contributed by atoms with Gasteiger partial charge in [0.05, 0.1) is 0 Å². The van der Waals surface area contributed by atoms with E-state index in [0.29, 0.717) is 0 Å². The average molecular weight is 251 g/mol. The van der Waals surface area contributed by atoms with Crippen LogP contribution in [0.4, 0.5) is 0 Å². The first-order valence-electron chi connectivity index (χ1n) is 8.37. The second-order valence-electron chi connectivity index (χ2n) is 7.23. The maximum Gasteiger partial charge on any atom is 0.00980 e. The van der Waals surface area contributed by atoms with Crippen molar-refractivity contribution in [1.29, 1.82) is 0 Å². The molecule has 3 unspecified atom stereocenters. The van der Waals surface area contributed by atoms with E-state index in [-0.39, 0.29) is 0 Å². The molecule has 2 aliphatic rings. The summed E-state index contributed by atoms with van der Waals surface area (Å²) >= 11 is 0. The monoisotopic (exact) mass is 251 g/mol. The van der Waals surface area contributed by atoms with Crippen molar-refractivity contribution >= 4 is 0 Å². The Labute approximate surface area is 114 Å².